The van der Waals surface area contributed by atoms with Gasteiger partial charge in [-0.05, 0) is 37.1 Å². The van der Waals surface area contributed by atoms with Crippen molar-refractivity contribution < 1.29 is 9.15 Å². The molecule has 4 heteroatoms. The number of oxazole rings is 1. The Bertz CT molecular complexity index is 530. The lowest BCUT2D eigenvalue weighted by molar-refractivity contribution is 0.0907. The molecule has 1 unspecified atom stereocenters. The van der Waals surface area contributed by atoms with E-state index in [9.17, 15) is 0 Å². The number of benzene rings is 1. The van der Waals surface area contributed by atoms with Crippen molar-refractivity contribution >= 4 is 11.1 Å². The Hall–Kier alpha value is -1.39. The lowest BCUT2D eigenvalue weighted by atomic mass is 10.2. The van der Waals surface area contributed by atoms with Crippen LogP contribution in [0, 0.1) is 0 Å². The van der Waals surface area contributed by atoms with Gasteiger partial charge in [0, 0.05) is 13.2 Å². The third-order valence-electron chi connectivity index (χ3n) is 3.25. The highest BCUT2D eigenvalue weighted by Gasteiger charge is 2.23. The van der Waals surface area contributed by atoms with E-state index in [4.69, 9.17) is 9.15 Å². The van der Waals surface area contributed by atoms with Gasteiger partial charge in [-0.1, -0.05) is 13.0 Å². The zero-order valence-electron chi connectivity index (χ0n) is 10.6. The molecule has 96 valence electrons. The first-order valence-corrected chi connectivity index (χ1v) is 6.58. The summed E-state index contributed by atoms with van der Waals surface area (Å²) in [7, 11) is 0. The largest absolute Gasteiger partial charge is 0.438 e. The van der Waals surface area contributed by atoms with E-state index in [1.54, 1.807) is 0 Å². The maximum Gasteiger partial charge on any atom is 0.224 e. The van der Waals surface area contributed by atoms with Crippen LogP contribution >= 0.6 is 0 Å². The minimum absolute atomic E-state index is 0.0506. The van der Waals surface area contributed by atoms with Crippen molar-refractivity contribution in [3.63, 3.8) is 0 Å². The van der Waals surface area contributed by atoms with Crippen LogP contribution in [0.3, 0.4) is 0 Å². The average Bonchev–Trinajstić information content (AvgIpc) is 3.03. The molecule has 1 aromatic heterocycles. The third-order valence-corrected chi connectivity index (χ3v) is 3.25. The summed E-state index contributed by atoms with van der Waals surface area (Å²) < 4.78 is 11.3. The molecule has 0 spiro atoms. The topological polar surface area (TPSA) is 47.3 Å². The monoisotopic (exact) mass is 246 g/mol. The summed E-state index contributed by atoms with van der Waals surface area (Å²) in [6, 6.07) is 6.16. The predicted octanol–water partition coefficient (Wildman–Crippen LogP) is 2.79. The molecule has 2 heterocycles. The van der Waals surface area contributed by atoms with E-state index in [0.717, 1.165) is 49.5 Å². The van der Waals surface area contributed by atoms with Crippen LogP contribution in [0.2, 0.25) is 0 Å². The second kappa shape index (κ2) is 5.08. The smallest absolute Gasteiger partial charge is 0.224 e. The van der Waals surface area contributed by atoms with Crippen LogP contribution in [0.5, 0.6) is 0 Å². The van der Waals surface area contributed by atoms with E-state index in [2.05, 4.69) is 29.4 Å². The summed E-state index contributed by atoms with van der Waals surface area (Å²) >= 11 is 0. The predicted molar refractivity (Wildman–Crippen MR) is 69.3 cm³/mol. The van der Waals surface area contributed by atoms with Crippen molar-refractivity contribution in [2.24, 2.45) is 0 Å². The maximum absolute atomic E-state index is 5.75. The van der Waals surface area contributed by atoms with E-state index in [-0.39, 0.29) is 6.10 Å². The molecule has 1 saturated heterocycles. The van der Waals surface area contributed by atoms with Gasteiger partial charge in [-0.15, -0.1) is 0 Å². The first-order valence-electron chi connectivity index (χ1n) is 6.58. The molecule has 0 radical (unpaired) electrons. The van der Waals surface area contributed by atoms with Gasteiger partial charge in [0.25, 0.3) is 0 Å². The molecular formula is C14H18N2O2. The molecule has 1 aromatic carbocycles. The van der Waals surface area contributed by atoms with Crippen molar-refractivity contribution in [1.29, 1.82) is 0 Å². The SMILES string of the molecule is CCNCc1ccc2oc(C3CCCO3)nc2c1. The van der Waals surface area contributed by atoms with Crippen LogP contribution in [0.25, 0.3) is 11.1 Å². The van der Waals surface area contributed by atoms with Gasteiger partial charge >= 0.3 is 0 Å². The molecule has 3 rings (SSSR count). The second-order valence-electron chi connectivity index (χ2n) is 4.64. The quantitative estimate of drug-likeness (QED) is 0.901. The first kappa shape index (κ1) is 11.7. The summed E-state index contributed by atoms with van der Waals surface area (Å²) in [6.45, 7) is 4.76. The molecule has 0 bridgehead atoms. The third kappa shape index (κ3) is 2.26. The molecule has 1 N–H and O–H groups in total. The minimum atomic E-state index is 0.0506. The fourth-order valence-electron chi connectivity index (χ4n) is 2.28. The summed E-state index contributed by atoms with van der Waals surface area (Å²) in [5.74, 6) is 0.725. The summed E-state index contributed by atoms with van der Waals surface area (Å²) in [5, 5.41) is 3.31. The lowest BCUT2D eigenvalue weighted by Crippen LogP contribution is -2.11. The van der Waals surface area contributed by atoms with Gasteiger partial charge in [0.05, 0.1) is 0 Å². The van der Waals surface area contributed by atoms with Gasteiger partial charge in [-0.3, -0.25) is 0 Å². The number of nitrogens with zero attached hydrogens (tertiary/aromatic N) is 1. The van der Waals surface area contributed by atoms with Gasteiger partial charge in [0.2, 0.25) is 5.89 Å². The van der Waals surface area contributed by atoms with Crippen molar-refractivity contribution in [1.82, 2.24) is 10.3 Å². The number of ether oxygens (including phenoxy) is 1. The Kier molecular flexibility index (Phi) is 3.30. The summed E-state index contributed by atoms with van der Waals surface area (Å²) in [4.78, 5) is 4.54. The standard InChI is InChI=1S/C14H18N2O2/c1-2-15-9-10-5-6-12-11(8-10)16-14(18-12)13-4-3-7-17-13/h5-6,8,13,15H,2-4,7,9H2,1H3. The Morgan fingerprint density at radius 2 is 2.39 bits per heavy atom. The molecule has 1 fully saturated rings. The van der Waals surface area contributed by atoms with Gasteiger partial charge in [-0.25, -0.2) is 4.98 Å². The number of fused-ring (bicyclic) bond motifs is 1. The number of nitrogens with one attached hydrogen (secondary N) is 1. The summed E-state index contributed by atoms with van der Waals surface area (Å²) in [6.07, 6.45) is 2.15. The van der Waals surface area contributed by atoms with Crippen molar-refractivity contribution in [3.8, 4) is 0 Å². The maximum atomic E-state index is 5.75. The number of rotatable bonds is 4. The van der Waals surface area contributed by atoms with Crippen LogP contribution in [0.1, 0.15) is 37.3 Å². The fourth-order valence-corrected chi connectivity index (χ4v) is 2.28. The molecule has 0 amide bonds. The average molecular weight is 246 g/mol. The zero-order valence-corrected chi connectivity index (χ0v) is 10.6. The highest BCUT2D eigenvalue weighted by atomic mass is 16.5. The van der Waals surface area contributed by atoms with Crippen molar-refractivity contribution in [2.75, 3.05) is 13.2 Å². The first-order chi connectivity index (χ1) is 8.86. The highest BCUT2D eigenvalue weighted by Crippen LogP contribution is 2.30. The number of hydrogen-bond donors (Lipinski definition) is 1. The minimum Gasteiger partial charge on any atom is -0.438 e. The highest BCUT2D eigenvalue weighted by molar-refractivity contribution is 5.73. The van der Waals surface area contributed by atoms with Crippen LogP contribution < -0.4 is 5.32 Å². The van der Waals surface area contributed by atoms with E-state index >= 15 is 0 Å². The molecule has 1 aliphatic rings. The molecule has 18 heavy (non-hydrogen) atoms. The molecule has 0 saturated carbocycles. The van der Waals surface area contributed by atoms with Crippen LogP contribution in [0.15, 0.2) is 22.6 Å². The Labute approximate surface area is 106 Å². The molecule has 1 atom stereocenters. The van der Waals surface area contributed by atoms with Gasteiger partial charge in [-0.2, -0.15) is 0 Å². The summed E-state index contributed by atoms with van der Waals surface area (Å²) in [5.41, 5.74) is 3.01. The van der Waals surface area contributed by atoms with Crippen LogP contribution in [-0.4, -0.2) is 18.1 Å². The fraction of sp³-hybridized carbons (Fsp3) is 0.500. The Morgan fingerprint density at radius 3 is 3.17 bits per heavy atom. The van der Waals surface area contributed by atoms with Crippen LogP contribution in [-0.2, 0) is 11.3 Å². The van der Waals surface area contributed by atoms with Gasteiger partial charge in [0.1, 0.15) is 11.6 Å². The molecule has 1 aliphatic heterocycles. The molecule has 2 aromatic rings. The van der Waals surface area contributed by atoms with Crippen LogP contribution in [0.4, 0.5) is 0 Å². The van der Waals surface area contributed by atoms with Gasteiger partial charge < -0.3 is 14.5 Å². The van der Waals surface area contributed by atoms with Crippen molar-refractivity contribution in [3.05, 3.63) is 29.7 Å². The normalized spacial score (nSPS) is 19.7. The van der Waals surface area contributed by atoms with E-state index in [1.165, 1.54) is 5.56 Å². The number of aromatic nitrogens is 1. The van der Waals surface area contributed by atoms with E-state index in [1.807, 2.05) is 6.07 Å². The second-order valence-corrected chi connectivity index (χ2v) is 4.64. The lowest BCUT2D eigenvalue weighted by Gasteiger charge is -2.01. The van der Waals surface area contributed by atoms with Gasteiger partial charge in [0.15, 0.2) is 5.58 Å². The van der Waals surface area contributed by atoms with E-state index in [0.29, 0.717) is 0 Å². The molecule has 0 aliphatic carbocycles. The Morgan fingerprint density at radius 1 is 1.44 bits per heavy atom. The molecule has 4 nitrogen and oxygen atoms in total. The molecular weight excluding hydrogens is 228 g/mol. The van der Waals surface area contributed by atoms with E-state index < -0.39 is 0 Å². The zero-order chi connectivity index (χ0) is 12.4. The van der Waals surface area contributed by atoms with Crippen molar-refractivity contribution in [2.45, 2.75) is 32.4 Å². The number of hydrogen-bond acceptors (Lipinski definition) is 4. The Balaban J connectivity index is 1.86.